The van der Waals surface area contributed by atoms with Crippen molar-refractivity contribution >= 4 is 40.7 Å². The standard InChI is InChI=1S/C23H24Cl2N2O4/c1-26(2)11-4-12-27-20(14-5-8-16(24)9-6-14)19(22(29)23(27)30)21(28)15-7-10-18(31-3)17(25)13-15/h5-10,13,20,28H,4,11-12H2,1-3H3/b21-19+. The lowest BCUT2D eigenvalue weighted by Gasteiger charge is -2.27. The van der Waals surface area contributed by atoms with E-state index in [0.717, 1.165) is 6.54 Å². The first-order chi connectivity index (χ1) is 14.7. The van der Waals surface area contributed by atoms with Gasteiger partial charge < -0.3 is 19.6 Å². The van der Waals surface area contributed by atoms with E-state index in [1.165, 1.54) is 29.0 Å². The molecule has 164 valence electrons. The van der Waals surface area contributed by atoms with Gasteiger partial charge in [-0.1, -0.05) is 47.2 Å². The second-order valence-corrected chi connectivity index (χ2v) is 8.53. The average molecular weight is 463 g/mol. The van der Waals surface area contributed by atoms with Crippen LogP contribution in [0.1, 0.15) is 23.6 Å². The largest absolute Gasteiger partial charge is 0.872 e. The highest BCUT2D eigenvalue weighted by molar-refractivity contribution is 6.46. The Kier molecular flexibility index (Phi) is 7.26. The van der Waals surface area contributed by atoms with Crippen LogP contribution in [0.15, 0.2) is 48.0 Å². The molecule has 1 heterocycles. The van der Waals surface area contributed by atoms with Gasteiger partial charge in [0.05, 0.1) is 38.8 Å². The zero-order valence-corrected chi connectivity index (χ0v) is 19.1. The Morgan fingerprint density at radius 2 is 1.81 bits per heavy atom. The smallest absolute Gasteiger partial charge is 0.295 e. The minimum atomic E-state index is -0.783. The maximum absolute atomic E-state index is 13.4. The first-order valence-electron chi connectivity index (χ1n) is 9.89. The van der Waals surface area contributed by atoms with Gasteiger partial charge in [0.15, 0.2) is 0 Å². The van der Waals surface area contributed by atoms with Crippen molar-refractivity contribution in [1.29, 1.82) is 0 Å². The molecule has 1 N–H and O–H groups in total. The fourth-order valence-electron chi connectivity index (χ4n) is 3.66. The van der Waals surface area contributed by atoms with Crippen molar-refractivity contribution in [3.63, 3.8) is 0 Å². The van der Waals surface area contributed by atoms with Crippen molar-refractivity contribution in [3.8, 4) is 5.75 Å². The molecule has 0 radical (unpaired) electrons. The molecule has 3 rings (SSSR count). The molecule has 2 aromatic carbocycles. The number of benzene rings is 2. The van der Waals surface area contributed by atoms with Gasteiger partial charge in [0.1, 0.15) is 5.75 Å². The number of amides is 1. The fraction of sp³-hybridized carbons (Fsp3) is 0.304. The van der Waals surface area contributed by atoms with Gasteiger partial charge >= 0.3 is 0 Å². The predicted octanol–water partition coefficient (Wildman–Crippen LogP) is 1.76. The van der Waals surface area contributed by atoms with Crippen LogP contribution in [0.4, 0.5) is 0 Å². The number of carbonyl (C=O) groups is 2. The number of rotatable bonds is 7. The molecule has 2 aromatic rings. The number of nitrogens with one attached hydrogen (secondary N) is 1. The minimum absolute atomic E-state index is 0.0780. The normalized spacial score (nSPS) is 18.1. The van der Waals surface area contributed by atoms with E-state index < -0.39 is 23.5 Å². The molecule has 6 nitrogen and oxygen atoms in total. The number of methoxy groups -OCH3 is 1. The second-order valence-electron chi connectivity index (χ2n) is 7.68. The van der Waals surface area contributed by atoms with E-state index in [2.05, 4.69) is 0 Å². The molecule has 1 amide bonds. The molecule has 1 fully saturated rings. The summed E-state index contributed by atoms with van der Waals surface area (Å²) in [5, 5.41) is 14.1. The van der Waals surface area contributed by atoms with Crippen LogP contribution in [0.25, 0.3) is 5.76 Å². The van der Waals surface area contributed by atoms with Gasteiger partial charge in [0, 0.05) is 23.6 Å². The van der Waals surface area contributed by atoms with Crippen molar-refractivity contribution in [2.75, 3.05) is 34.3 Å². The maximum atomic E-state index is 13.4. The lowest BCUT2D eigenvalue weighted by atomic mass is 9.95. The summed E-state index contributed by atoms with van der Waals surface area (Å²) in [6, 6.07) is 10.6. The molecule has 0 aliphatic carbocycles. The summed E-state index contributed by atoms with van der Waals surface area (Å²) in [7, 11) is 5.50. The topological polar surface area (TPSA) is 74.1 Å². The van der Waals surface area contributed by atoms with Crippen LogP contribution in [-0.4, -0.2) is 50.9 Å². The first-order valence-corrected chi connectivity index (χ1v) is 10.6. The second kappa shape index (κ2) is 9.73. The molecule has 0 spiro atoms. The fourth-order valence-corrected chi connectivity index (χ4v) is 4.04. The summed E-state index contributed by atoms with van der Waals surface area (Å²) in [6.45, 7) is 1.19. The van der Waals surface area contributed by atoms with Gasteiger partial charge in [-0.3, -0.25) is 9.59 Å². The minimum Gasteiger partial charge on any atom is -0.872 e. The van der Waals surface area contributed by atoms with Crippen LogP contribution in [0.3, 0.4) is 0 Å². The van der Waals surface area contributed by atoms with Crippen LogP contribution in [0, 0.1) is 0 Å². The van der Waals surface area contributed by atoms with Gasteiger partial charge in [0.2, 0.25) is 5.78 Å². The molecule has 0 aromatic heterocycles. The molecule has 1 atom stereocenters. The molecular formula is C23H24Cl2N2O4. The zero-order chi connectivity index (χ0) is 22.7. The number of nitrogens with zero attached hydrogens (tertiary/aromatic N) is 1. The molecule has 1 unspecified atom stereocenters. The number of Topliss-reactive ketones (excluding diaryl/α,β-unsaturated/α-hetero) is 1. The lowest BCUT2D eigenvalue weighted by Crippen LogP contribution is -3.05. The van der Waals surface area contributed by atoms with Gasteiger partial charge in [-0.2, -0.15) is 0 Å². The Labute approximate surface area is 191 Å². The van der Waals surface area contributed by atoms with E-state index in [9.17, 15) is 14.7 Å². The molecule has 0 saturated carbocycles. The lowest BCUT2D eigenvalue weighted by molar-refractivity contribution is -0.858. The number of hydrogen-bond acceptors (Lipinski definition) is 4. The van der Waals surface area contributed by atoms with Crippen LogP contribution < -0.4 is 14.7 Å². The third-order valence-electron chi connectivity index (χ3n) is 5.20. The summed E-state index contributed by atoms with van der Waals surface area (Å²) < 4.78 is 5.13. The van der Waals surface area contributed by atoms with Gasteiger partial charge in [-0.25, -0.2) is 0 Å². The van der Waals surface area contributed by atoms with Crippen LogP contribution in [0.2, 0.25) is 10.0 Å². The van der Waals surface area contributed by atoms with E-state index in [1.807, 2.05) is 14.1 Å². The average Bonchev–Trinajstić information content (AvgIpc) is 2.98. The SMILES string of the molecule is COc1ccc(/C([O-])=C2\C(=O)C(=O)N(CCC[NH+](C)C)C2c2ccc(Cl)cc2)cc1Cl. The number of quaternary nitrogens is 1. The number of ketones is 1. The third kappa shape index (κ3) is 4.87. The Hall–Kier alpha value is -2.54. The number of likely N-dealkylation sites (tertiary alicyclic amines) is 1. The Balaban J connectivity index is 2.10. The highest BCUT2D eigenvalue weighted by Gasteiger charge is 2.43. The van der Waals surface area contributed by atoms with Gasteiger partial charge in [-0.15, -0.1) is 0 Å². The first kappa shape index (κ1) is 23.1. The van der Waals surface area contributed by atoms with E-state index >= 15 is 0 Å². The molecule has 1 saturated heterocycles. The highest BCUT2D eigenvalue weighted by atomic mass is 35.5. The molecule has 1 aliphatic heterocycles. The van der Waals surface area contributed by atoms with E-state index in [4.69, 9.17) is 27.9 Å². The monoisotopic (exact) mass is 462 g/mol. The van der Waals surface area contributed by atoms with Gasteiger partial charge in [0.25, 0.3) is 5.91 Å². The number of hydrogen-bond donors (Lipinski definition) is 1. The number of ether oxygens (including phenoxy) is 1. The summed E-state index contributed by atoms with van der Waals surface area (Å²) in [4.78, 5) is 28.5. The van der Waals surface area contributed by atoms with Crippen molar-refractivity contribution in [2.24, 2.45) is 0 Å². The van der Waals surface area contributed by atoms with Crippen molar-refractivity contribution in [3.05, 3.63) is 69.2 Å². The van der Waals surface area contributed by atoms with Crippen LogP contribution in [0.5, 0.6) is 5.75 Å². The quantitative estimate of drug-likeness (QED) is 0.386. The van der Waals surface area contributed by atoms with E-state index in [-0.39, 0.29) is 16.2 Å². The van der Waals surface area contributed by atoms with Gasteiger partial charge in [-0.05, 0) is 35.4 Å². The van der Waals surface area contributed by atoms with Crippen molar-refractivity contribution < 1.29 is 24.3 Å². The summed E-state index contributed by atoms with van der Waals surface area (Å²) in [5.74, 6) is -1.56. The summed E-state index contributed by atoms with van der Waals surface area (Å²) in [6.07, 6.45) is 0.696. The molecule has 1 aliphatic rings. The van der Waals surface area contributed by atoms with E-state index in [1.54, 1.807) is 30.3 Å². The Morgan fingerprint density at radius 1 is 1.13 bits per heavy atom. The maximum Gasteiger partial charge on any atom is 0.295 e. The highest BCUT2D eigenvalue weighted by Crippen LogP contribution is 2.39. The number of carbonyl (C=O) groups excluding carboxylic acids is 2. The Morgan fingerprint density at radius 3 is 2.39 bits per heavy atom. The van der Waals surface area contributed by atoms with Crippen LogP contribution >= 0.6 is 23.2 Å². The van der Waals surface area contributed by atoms with Crippen molar-refractivity contribution in [1.82, 2.24) is 4.90 Å². The molecule has 8 heteroatoms. The predicted molar refractivity (Wildman–Crippen MR) is 118 cm³/mol. The molecule has 0 bridgehead atoms. The third-order valence-corrected chi connectivity index (χ3v) is 5.75. The molecule has 31 heavy (non-hydrogen) atoms. The van der Waals surface area contributed by atoms with E-state index in [0.29, 0.717) is 29.3 Å². The summed E-state index contributed by atoms with van der Waals surface area (Å²) >= 11 is 12.2. The van der Waals surface area contributed by atoms with Crippen molar-refractivity contribution in [2.45, 2.75) is 12.5 Å². The van der Waals surface area contributed by atoms with Crippen LogP contribution in [-0.2, 0) is 9.59 Å². The summed E-state index contributed by atoms with van der Waals surface area (Å²) in [5.41, 5.74) is 0.801. The number of halogens is 2. The zero-order valence-electron chi connectivity index (χ0n) is 17.6. The molecular weight excluding hydrogens is 439 g/mol. The Bertz CT molecular complexity index is 1020.